The van der Waals surface area contributed by atoms with Gasteiger partial charge in [-0.1, -0.05) is 26.0 Å². The fraction of sp³-hybridized carbons (Fsp3) is 0.333. The highest BCUT2D eigenvalue weighted by atomic mass is 16.5. The number of esters is 1. The first-order valence-corrected chi connectivity index (χ1v) is 8.77. The van der Waals surface area contributed by atoms with Crippen LogP contribution in [0.2, 0.25) is 0 Å². The van der Waals surface area contributed by atoms with Gasteiger partial charge in [-0.3, -0.25) is 4.79 Å². The van der Waals surface area contributed by atoms with E-state index in [1.165, 1.54) is 25.8 Å². The Labute approximate surface area is 159 Å². The Kier molecular flexibility index (Phi) is 7.23. The van der Waals surface area contributed by atoms with Crippen LogP contribution in [0.4, 0.5) is 5.69 Å². The molecule has 2 aromatic carbocycles. The number of amides is 1. The fourth-order valence-corrected chi connectivity index (χ4v) is 2.51. The largest absolute Gasteiger partial charge is 0.493 e. The molecule has 27 heavy (non-hydrogen) atoms. The number of rotatable bonds is 8. The van der Waals surface area contributed by atoms with Crippen molar-refractivity contribution in [3.63, 3.8) is 0 Å². The molecule has 0 saturated carbocycles. The van der Waals surface area contributed by atoms with Crippen molar-refractivity contribution in [2.75, 3.05) is 26.1 Å². The van der Waals surface area contributed by atoms with Crippen molar-refractivity contribution in [3.05, 3.63) is 53.6 Å². The second-order valence-electron chi connectivity index (χ2n) is 6.13. The van der Waals surface area contributed by atoms with Gasteiger partial charge in [-0.05, 0) is 48.2 Å². The van der Waals surface area contributed by atoms with E-state index in [1.807, 2.05) is 24.3 Å². The van der Waals surface area contributed by atoms with Crippen LogP contribution in [0.15, 0.2) is 42.5 Å². The van der Waals surface area contributed by atoms with Gasteiger partial charge in [-0.15, -0.1) is 0 Å². The zero-order valence-electron chi connectivity index (χ0n) is 16.1. The molecular formula is C21H25NO5. The van der Waals surface area contributed by atoms with Gasteiger partial charge < -0.3 is 19.5 Å². The number of hydrogen-bond acceptors (Lipinski definition) is 5. The monoisotopic (exact) mass is 371 g/mol. The molecule has 0 spiro atoms. The van der Waals surface area contributed by atoms with Crippen molar-refractivity contribution in [3.8, 4) is 11.5 Å². The lowest BCUT2D eigenvalue weighted by Gasteiger charge is -2.11. The maximum absolute atomic E-state index is 12.1. The summed E-state index contributed by atoms with van der Waals surface area (Å²) in [6.45, 7) is 3.91. The fourth-order valence-electron chi connectivity index (χ4n) is 2.51. The van der Waals surface area contributed by atoms with Crippen LogP contribution in [0.5, 0.6) is 11.5 Å². The highest BCUT2D eigenvalue weighted by Gasteiger charge is 2.14. The minimum atomic E-state index is -0.613. The van der Waals surface area contributed by atoms with Crippen LogP contribution in [-0.4, -0.2) is 32.7 Å². The van der Waals surface area contributed by atoms with Crippen molar-refractivity contribution in [1.82, 2.24) is 0 Å². The van der Waals surface area contributed by atoms with Gasteiger partial charge >= 0.3 is 5.97 Å². The summed E-state index contributed by atoms with van der Waals surface area (Å²) in [5.41, 5.74) is 2.16. The summed E-state index contributed by atoms with van der Waals surface area (Å²) in [6, 6.07) is 12.3. The van der Waals surface area contributed by atoms with E-state index >= 15 is 0 Å². The van der Waals surface area contributed by atoms with Gasteiger partial charge in [0, 0.05) is 5.69 Å². The Balaban J connectivity index is 1.90. The predicted octanol–water partition coefficient (Wildman–Crippen LogP) is 4.01. The Morgan fingerprint density at radius 3 is 2.26 bits per heavy atom. The maximum atomic E-state index is 12.1. The Hall–Kier alpha value is -3.02. The zero-order chi connectivity index (χ0) is 19.8. The minimum Gasteiger partial charge on any atom is -0.493 e. The quantitative estimate of drug-likeness (QED) is 0.710. The molecule has 0 aromatic heterocycles. The molecule has 0 fully saturated rings. The molecule has 1 amide bonds. The summed E-state index contributed by atoms with van der Waals surface area (Å²) in [5, 5.41) is 2.71. The van der Waals surface area contributed by atoms with Gasteiger partial charge in [0.05, 0.1) is 19.8 Å². The van der Waals surface area contributed by atoms with E-state index in [1.54, 1.807) is 12.1 Å². The zero-order valence-corrected chi connectivity index (χ0v) is 16.1. The Bertz CT molecular complexity index is 786. The lowest BCUT2D eigenvalue weighted by Crippen LogP contribution is -2.21. The molecule has 1 N–H and O–H groups in total. The molecule has 0 unspecified atom stereocenters. The maximum Gasteiger partial charge on any atom is 0.338 e. The summed E-state index contributed by atoms with van der Waals surface area (Å²) in [5.74, 6) is 0.376. The average molecular weight is 371 g/mol. The van der Waals surface area contributed by atoms with Crippen LogP contribution in [-0.2, 0) is 9.53 Å². The first-order valence-electron chi connectivity index (χ1n) is 8.77. The lowest BCUT2D eigenvalue weighted by molar-refractivity contribution is -0.119. The molecular weight excluding hydrogens is 346 g/mol. The normalized spacial score (nSPS) is 11.4. The Morgan fingerprint density at radius 1 is 1.00 bits per heavy atom. The third-order valence-corrected chi connectivity index (χ3v) is 4.33. The molecule has 6 heteroatoms. The van der Waals surface area contributed by atoms with Crippen molar-refractivity contribution in [1.29, 1.82) is 0 Å². The van der Waals surface area contributed by atoms with Gasteiger partial charge in [-0.2, -0.15) is 0 Å². The predicted molar refractivity (Wildman–Crippen MR) is 104 cm³/mol. The van der Waals surface area contributed by atoms with Crippen LogP contribution in [0.3, 0.4) is 0 Å². The van der Waals surface area contributed by atoms with Crippen molar-refractivity contribution >= 4 is 17.6 Å². The third kappa shape index (κ3) is 5.48. The molecule has 0 saturated heterocycles. The molecule has 0 bridgehead atoms. The van der Waals surface area contributed by atoms with E-state index in [0.29, 0.717) is 23.1 Å². The number of methoxy groups -OCH3 is 2. The molecule has 1 atom stereocenters. The highest BCUT2D eigenvalue weighted by Crippen LogP contribution is 2.27. The molecule has 2 aromatic rings. The van der Waals surface area contributed by atoms with Crippen molar-refractivity contribution < 1.29 is 23.8 Å². The van der Waals surface area contributed by atoms with Gasteiger partial charge in [0.15, 0.2) is 18.1 Å². The summed E-state index contributed by atoms with van der Waals surface area (Å²) >= 11 is 0. The van der Waals surface area contributed by atoms with E-state index in [4.69, 9.17) is 14.2 Å². The second-order valence-corrected chi connectivity index (χ2v) is 6.13. The highest BCUT2D eigenvalue weighted by molar-refractivity contribution is 5.95. The molecule has 2 rings (SSSR count). The van der Waals surface area contributed by atoms with Gasteiger partial charge in [0.2, 0.25) is 0 Å². The second kappa shape index (κ2) is 9.62. The standard InChI is InChI=1S/C21H25NO5/c1-5-14(2)15-6-9-17(10-7-15)22-20(23)13-27-21(24)16-8-11-18(25-3)19(12-16)26-4/h6-12,14H,5,13H2,1-4H3,(H,22,23)/t14-/m1/s1. The van der Waals surface area contributed by atoms with Crippen LogP contribution in [0, 0.1) is 0 Å². The molecule has 0 radical (unpaired) electrons. The lowest BCUT2D eigenvalue weighted by atomic mass is 9.99. The summed E-state index contributed by atoms with van der Waals surface area (Å²) < 4.78 is 15.3. The first-order chi connectivity index (χ1) is 13.0. The van der Waals surface area contributed by atoms with E-state index in [-0.39, 0.29) is 12.2 Å². The SMILES string of the molecule is CC[C@@H](C)c1ccc(NC(=O)COC(=O)c2ccc(OC)c(OC)c2)cc1. The van der Waals surface area contributed by atoms with E-state index in [0.717, 1.165) is 6.42 Å². The molecule has 0 aliphatic carbocycles. The number of carbonyl (C=O) groups excluding carboxylic acids is 2. The van der Waals surface area contributed by atoms with Gasteiger partial charge in [0.25, 0.3) is 5.91 Å². The molecule has 6 nitrogen and oxygen atoms in total. The van der Waals surface area contributed by atoms with Gasteiger partial charge in [0.1, 0.15) is 0 Å². The molecule has 144 valence electrons. The molecule has 0 aliphatic heterocycles. The summed E-state index contributed by atoms with van der Waals surface area (Å²) in [4.78, 5) is 24.1. The molecule has 0 heterocycles. The Morgan fingerprint density at radius 2 is 1.67 bits per heavy atom. The van der Waals surface area contributed by atoms with Crippen LogP contribution in [0.1, 0.15) is 42.1 Å². The number of anilines is 1. The van der Waals surface area contributed by atoms with Crippen LogP contribution >= 0.6 is 0 Å². The summed E-state index contributed by atoms with van der Waals surface area (Å²) in [6.07, 6.45) is 1.05. The number of hydrogen-bond donors (Lipinski definition) is 1. The average Bonchev–Trinajstić information content (AvgIpc) is 2.71. The van der Waals surface area contributed by atoms with Crippen LogP contribution in [0.25, 0.3) is 0 Å². The number of carbonyl (C=O) groups is 2. The number of benzene rings is 2. The van der Waals surface area contributed by atoms with Crippen molar-refractivity contribution in [2.45, 2.75) is 26.2 Å². The first kappa shape index (κ1) is 20.3. The third-order valence-electron chi connectivity index (χ3n) is 4.33. The topological polar surface area (TPSA) is 73.9 Å². The van der Waals surface area contributed by atoms with E-state index in [2.05, 4.69) is 19.2 Å². The van der Waals surface area contributed by atoms with Gasteiger partial charge in [-0.25, -0.2) is 4.79 Å². The van der Waals surface area contributed by atoms with E-state index in [9.17, 15) is 9.59 Å². The molecule has 0 aliphatic rings. The number of ether oxygens (including phenoxy) is 3. The van der Waals surface area contributed by atoms with Crippen molar-refractivity contribution in [2.24, 2.45) is 0 Å². The number of nitrogens with one attached hydrogen (secondary N) is 1. The minimum absolute atomic E-state index is 0.276. The van der Waals surface area contributed by atoms with E-state index < -0.39 is 11.9 Å². The van der Waals surface area contributed by atoms with Crippen LogP contribution < -0.4 is 14.8 Å². The summed E-state index contributed by atoms with van der Waals surface area (Å²) in [7, 11) is 2.99. The smallest absolute Gasteiger partial charge is 0.338 e.